The minimum Gasteiger partial charge on any atom is -0.345 e. The Balaban J connectivity index is 2.24. The highest BCUT2D eigenvalue weighted by Gasteiger charge is 2.18. The van der Waals surface area contributed by atoms with Crippen molar-refractivity contribution >= 4 is 21.8 Å². The first-order valence-corrected chi connectivity index (χ1v) is 6.66. The van der Waals surface area contributed by atoms with Crippen molar-refractivity contribution in [2.75, 3.05) is 18.9 Å². The summed E-state index contributed by atoms with van der Waals surface area (Å²) in [6.07, 6.45) is 7.29. The number of hydrogen-bond acceptors (Lipinski definition) is 1. The lowest BCUT2D eigenvalue weighted by molar-refractivity contribution is -0.130. The summed E-state index contributed by atoms with van der Waals surface area (Å²) in [5.41, 5.74) is 0. The van der Waals surface area contributed by atoms with Gasteiger partial charge in [-0.05, 0) is 18.8 Å². The summed E-state index contributed by atoms with van der Waals surface area (Å²) < 4.78 is 0. The minimum atomic E-state index is 0.316. The molecule has 1 saturated carbocycles. The normalized spacial score (nSPS) is 18.1. The minimum absolute atomic E-state index is 0.316. The molecule has 82 valence electrons. The van der Waals surface area contributed by atoms with Gasteiger partial charge in [-0.2, -0.15) is 0 Å². The zero-order chi connectivity index (χ0) is 10.4. The van der Waals surface area contributed by atoms with E-state index in [1.165, 1.54) is 32.1 Å². The van der Waals surface area contributed by atoms with E-state index in [0.717, 1.165) is 18.3 Å². The van der Waals surface area contributed by atoms with Gasteiger partial charge in [-0.3, -0.25) is 4.79 Å². The molecule has 1 rings (SSSR count). The molecule has 2 nitrogen and oxygen atoms in total. The third-order valence-electron chi connectivity index (χ3n) is 3.03. The van der Waals surface area contributed by atoms with Gasteiger partial charge in [-0.25, -0.2) is 0 Å². The SMILES string of the molecule is CN(CCBr)C(=O)CC1CCCCC1. The summed E-state index contributed by atoms with van der Waals surface area (Å²) >= 11 is 3.35. The molecule has 1 fully saturated rings. The highest BCUT2D eigenvalue weighted by molar-refractivity contribution is 9.09. The van der Waals surface area contributed by atoms with Crippen molar-refractivity contribution in [2.45, 2.75) is 38.5 Å². The molecule has 1 aliphatic rings. The first kappa shape index (κ1) is 12.0. The molecular formula is C11H20BrNO. The molecule has 0 atom stereocenters. The second-order valence-corrected chi connectivity index (χ2v) is 5.01. The summed E-state index contributed by atoms with van der Waals surface area (Å²) in [5.74, 6) is 0.977. The Morgan fingerprint density at radius 1 is 1.36 bits per heavy atom. The van der Waals surface area contributed by atoms with Gasteiger partial charge in [0.15, 0.2) is 0 Å². The van der Waals surface area contributed by atoms with Crippen LogP contribution in [0.3, 0.4) is 0 Å². The number of hydrogen-bond donors (Lipinski definition) is 0. The maximum atomic E-state index is 11.7. The molecular weight excluding hydrogens is 242 g/mol. The lowest BCUT2D eigenvalue weighted by Gasteiger charge is -2.23. The van der Waals surface area contributed by atoms with Crippen molar-refractivity contribution in [3.05, 3.63) is 0 Å². The quantitative estimate of drug-likeness (QED) is 0.713. The van der Waals surface area contributed by atoms with Gasteiger partial charge >= 0.3 is 0 Å². The highest BCUT2D eigenvalue weighted by Crippen LogP contribution is 2.26. The lowest BCUT2D eigenvalue weighted by atomic mass is 9.87. The van der Waals surface area contributed by atoms with Gasteiger partial charge < -0.3 is 4.90 Å². The first-order valence-electron chi connectivity index (χ1n) is 5.54. The van der Waals surface area contributed by atoms with E-state index in [2.05, 4.69) is 15.9 Å². The van der Waals surface area contributed by atoms with Crippen LogP contribution in [0.5, 0.6) is 0 Å². The van der Waals surface area contributed by atoms with Crippen LogP contribution in [0.2, 0.25) is 0 Å². The fourth-order valence-electron chi connectivity index (χ4n) is 2.05. The van der Waals surface area contributed by atoms with E-state index in [9.17, 15) is 4.79 Å². The average molecular weight is 262 g/mol. The van der Waals surface area contributed by atoms with Crippen LogP contribution in [0.25, 0.3) is 0 Å². The van der Waals surface area contributed by atoms with Crippen molar-refractivity contribution < 1.29 is 4.79 Å². The monoisotopic (exact) mass is 261 g/mol. The van der Waals surface area contributed by atoms with Gasteiger partial charge in [0.1, 0.15) is 0 Å². The number of amides is 1. The molecule has 0 heterocycles. The molecule has 0 saturated heterocycles. The Bertz CT molecular complexity index is 178. The second-order valence-electron chi connectivity index (χ2n) is 4.21. The predicted octanol–water partition coefficient (Wildman–Crippen LogP) is 2.81. The maximum absolute atomic E-state index is 11.7. The number of carbonyl (C=O) groups excluding carboxylic acids is 1. The smallest absolute Gasteiger partial charge is 0.222 e. The van der Waals surface area contributed by atoms with Gasteiger partial charge in [0.05, 0.1) is 0 Å². The van der Waals surface area contributed by atoms with Crippen LogP contribution in [-0.4, -0.2) is 29.7 Å². The number of nitrogens with zero attached hydrogens (tertiary/aromatic N) is 1. The van der Waals surface area contributed by atoms with Crippen LogP contribution < -0.4 is 0 Å². The van der Waals surface area contributed by atoms with Crippen molar-refractivity contribution in [1.29, 1.82) is 0 Å². The van der Waals surface area contributed by atoms with E-state index in [-0.39, 0.29) is 0 Å². The molecule has 14 heavy (non-hydrogen) atoms. The average Bonchev–Trinajstić information content (AvgIpc) is 2.19. The lowest BCUT2D eigenvalue weighted by Crippen LogP contribution is -2.30. The van der Waals surface area contributed by atoms with Gasteiger partial charge in [-0.15, -0.1) is 0 Å². The van der Waals surface area contributed by atoms with E-state index in [1.54, 1.807) is 0 Å². The third kappa shape index (κ3) is 3.99. The van der Waals surface area contributed by atoms with Crippen LogP contribution in [0, 0.1) is 5.92 Å². The number of rotatable bonds is 4. The predicted molar refractivity (Wildman–Crippen MR) is 62.6 cm³/mol. The summed E-state index contributed by atoms with van der Waals surface area (Å²) in [7, 11) is 1.90. The fraction of sp³-hybridized carbons (Fsp3) is 0.909. The van der Waals surface area contributed by atoms with Gasteiger partial charge in [0.25, 0.3) is 0 Å². The second kappa shape index (κ2) is 6.44. The summed E-state index contributed by atoms with van der Waals surface area (Å²) in [6, 6.07) is 0. The molecule has 0 radical (unpaired) electrons. The molecule has 0 aromatic heterocycles. The molecule has 1 aliphatic carbocycles. The van der Waals surface area contributed by atoms with Crippen LogP contribution in [0.1, 0.15) is 38.5 Å². The van der Waals surface area contributed by atoms with Crippen LogP contribution >= 0.6 is 15.9 Å². The third-order valence-corrected chi connectivity index (χ3v) is 3.39. The maximum Gasteiger partial charge on any atom is 0.222 e. The van der Waals surface area contributed by atoms with Crippen LogP contribution in [0.4, 0.5) is 0 Å². The number of halogens is 1. The van der Waals surface area contributed by atoms with Crippen LogP contribution in [-0.2, 0) is 4.79 Å². The fourth-order valence-corrected chi connectivity index (χ4v) is 2.58. The molecule has 0 N–H and O–H groups in total. The molecule has 0 unspecified atom stereocenters. The Labute approximate surface area is 95.2 Å². The zero-order valence-electron chi connectivity index (χ0n) is 8.97. The van der Waals surface area contributed by atoms with Gasteiger partial charge in [0.2, 0.25) is 5.91 Å². The molecule has 1 amide bonds. The van der Waals surface area contributed by atoms with E-state index in [4.69, 9.17) is 0 Å². The van der Waals surface area contributed by atoms with Crippen molar-refractivity contribution in [2.24, 2.45) is 5.92 Å². The summed E-state index contributed by atoms with van der Waals surface area (Å²) in [6.45, 7) is 0.825. The number of carbonyl (C=O) groups is 1. The van der Waals surface area contributed by atoms with Crippen molar-refractivity contribution in [3.63, 3.8) is 0 Å². The molecule has 0 bridgehead atoms. The Morgan fingerprint density at radius 3 is 2.57 bits per heavy atom. The van der Waals surface area contributed by atoms with E-state index < -0.39 is 0 Å². The molecule has 0 spiro atoms. The van der Waals surface area contributed by atoms with Crippen molar-refractivity contribution in [1.82, 2.24) is 4.90 Å². The van der Waals surface area contributed by atoms with E-state index in [0.29, 0.717) is 11.8 Å². The summed E-state index contributed by atoms with van der Waals surface area (Å²) in [4.78, 5) is 13.5. The topological polar surface area (TPSA) is 20.3 Å². The molecule has 3 heteroatoms. The highest BCUT2D eigenvalue weighted by atomic mass is 79.9. The molecule has 0 aromatic carbocycles. The van der Waals surface area contributed by atoms with Gasteiger partial charge in [0, 0.05) is 25.3 Å². The van der Waals surface area contributed by atoms with E-state index in [1.807, 2.05) is 11.9 Å². The Hall–Kier alpha value is -0.0500. The van der Waals surface area contributed by atoms with Crippen molar-refractivity contribution in [3.8, 4) is 0 Å². The van der Waals surface area contributed by atoms with E-state index >= 15 is 0 Å². The Kier molecular flexibility index (Phi) is 5.53. The standard InChI is InChI=1S/C11H20BrNO/c1-13(8-7-12)11(14)9-10-5-3-2-4-6-10/h10H,2-9H2,1H3. The zero-order valence-corrected chi connectivity index (χ0v) is 10.6. The number of alkyl halides is 1. The molecule has 0 aliphatic heterocycles. The summed E-state index contributed by atoms with van der Waals surface area (Å²) in [5, 5.41) is 0.875. The Morgan fingerprint density at radius 2 is 2.00 bits per heavy atom. The van der Waals surface area contributed by atoms with Gasteiger partial charge in [-0.1, -0.05) is 35.2 Å². The largest absolute Gasteiger partial charge is 0.345 e. The van der Waals surface area contributed by atoms with Crippen LogP contribution in [0.15, 0.2) is 0 Å². The first-order chi connectivity index (χ1) is 6.74. The molecule has 0 aromatic rings.